The van der Waals surface area contributed by atoms with Crippen LogP contribution in [-0.4, -0.2) is 8.07 Å². The summed E-state index contributed by atoms with van der Waals surface area (Å²) in [5.41, 5.74) is 0. The zero-order valence-corrected chi connectivity index (χ0v) is 12.1. The molecule has 0 N–H and O–H groups in total. The smallest absolute Gasteiger partial charge is 0.0679 e. The van der Waals surface area contributed by atoms with Crippen molar-refractivity contribution in [3.63, 3.8) is 0 Å². The molecule has 17 heavy (non-hydrogen) atoms. The van der Waals surface area contributed by atoms with Crippen molar-refractivity contribution in [2.45, 2.75) is 79.4 Å². The molecular weight excluding hydrogens is 220 g/mol. The van der Waals surface area contributed by atoms with Gasteiger partial charge in [-0.25, -0.2) is 0 Å². The van der Waals surface area contributed by atoms with Gasteiger partial charge < -0.3 is 0 Å². The van der Waals surface area contributed by atoms with Gasteiger partial charge in [-0.15, -0.1) is 0 Å². The van der Waals surface area contributed by atoms with E-state index in [-0.39, 0.29) is 0 Å². The van der Waals surface area contributed by atoms with Crippen molar-refractivity contribution in [2.75, 3.05) is 0 Å². The lowest BCUT2D eigenvalue weighted by atomic mass is 9.97. The molecule has 0 nitrogen and oxygen atoms in total. The molecule has 92 valence electrons. The first-order valence-electron chi connectivity index (χ1n) is 8.19. The highest BCUT2D eigenvalue weighted by atomic mass is 28.3. The van der Waals surface area contributed by atoms with Gasteiger partial charge in [-0.1, -0.05) is 6.55 Å². The Balaban J connectivity index is 1.65. The van der Waals surface area contributed by atoms with Crippen LogP contribution >= 0.6 is 0 Å². The Morgan fingerprint density at radius 2 is 1.06 bits per heavy atom. The van der Waals surface area contributed by atoms with Gasteiger partial charge in [-0.2, -0.15) is 0 Å². The summed E-state index contributed by atoms with van der Waals surface area (Å²) in [6.45, 7) is 2.95. The van der Waals surface area contributed by atoms with E-state index in [2.05, 4.69) is 6.55 Å². The van der Waals surface area contributed by atoms with E-state index in [4.69, 9.17) is 0 Å². The minimum atomic E-state index is -0.950. The second-order valence-electron chi connectivity index (χ2n) is 8.91. The molecule has 0 aromatic rings. The highest BCUT2D eigenvalue weighted by molar-refractivity contribution is 6.90. The van der Waals surface area contributed by atoms with Gasteiger partial charge in [0.05, 0.1) is 8.07 Å². The second-order valence-corrected chi connectivity index (χ2v) is 14.1. The Morgan fingerprint density at radius 3 is 1.41 bits per heavy atom. The molecular formula is C16H24Si. The van der Waals surface area contributed by atoms with Crippen LogP contribution in [-0.2, 0) is 0 Å². The van der Waals surface area contributed by atoms with Gasteiger partial charge in [0.15, 0.2) is 0 Å². The Bertz CT molecular complexity index is 392. The van der Waals surface area contributed by atoms with Gasteiger partial charge in [0.1, 0.15) is 0 Å². The molecule has 6 rings (SSSR count). The van der Waals surface area contributed by atoms with Gasteiger partial charge in [0.2, 0.25) is 0 Å². The first-order valence-corrected chi connectivity index (χ1v) is 10.7. The largest absolute Gasteiger partial charge is 0.0699 e. The maximum Gasteiger partial charge on any atom is 0.0699 e. The fraction of sp³-hybridized carbons (Fsp3) is 1.00. The zero-order chi connectivity index (χ0) is 11.1. The second kappa shape index (κ2) is 2.11. The average Bonchev–Trinajstić information content (AvgIpc) is 3.15. The van der Waals surface area contributed by atoms with Crippen LogP contribution in [0.3, 0.4) is 0 Å². The van der Waals surface area contributed by atoms with E-state index in [0.717, 1.165) is 15.1 Å². The molecule has 3 spiro atoms. The Labute approximate surface area is 106 Å². The molecule has 3 heterocycles. The highest BCUT2D eigenvalue weighted by Gasteiger charge is 2.90. The van der Waals surface area contributed by atoms with Crippen molar-refractivity contribution in [3.8, 4) is 0 Å². The number of hydrogen-bond acceptors (Lipinski definition) is 0. The van der Waals surface area contributed by atoms with E-state index in [1.54, 1.807) is 57.8 Å². The summed E-state index contributed by atoms with van der Waals surface area (Å²) in [4.78, 5) is 0. The van der Waals surface area contributed by atoms with E-state index in [0.29, 0.717) is 0 Å². The van der Waals surface area contributed by atoms with E-state index < -0.39 is 8.07 Å². The molecule has 3 saturated heterocycles. The van der Waals surface area contributed by atoms with Crippen LogP contribution in [0.5, 0.6) is 0 Å². The van der Waals surface area contributed by atoms with E-state index in [1.807, 2.05) is 0 Å². The molecule has 1 heteroatoms. The monoisotopic (exact) mass is 244 g/mol. The van der Waals surface area contributed by atoms with Crippen molar-refractivity contribution in [2.24, 2.45) is 17.8 Å². The van der Waals surface area contributed by atoms with Gasteiger partial charge in [-0.3, -0.25) is 0 Å². The zero-order valence-electron chi connectivity index (χ0n) is 11.1. The third-order valence-electron chi connectivity index (χ3n) is 9.50. The molecule has 0 aromatic heterocycles. The fourth-order valence-corrected chi connectivity index (χ4v) is 18.3. The molecule has 0 radical (unpaired) electrons. The first-order chi connectivity index (χ1) is 8.19. The Morgan fingerprint density at radius 1 is 0.706 bits per heavy atom. The third kappa shape index (κ3) is 0.628. The van der Waals surface area contributed by atoms with Crippen LogP contribution in [0.4, 0.5) is 0 Å². The van der Waals surface area contributed by atoms with E-state index in [9.17, 15) is 0 Å². The van der Waals surface area contributed by atoms with Crippen LogP contribution < -0.4 is 0 Å². The molecule has 3 aliphatic carbocycles. The molecule has 0 aromatic carbocycles. The van der Waals surface area contributed by atoms with E-state index in [1.165, 1.54) is 17.8 Å². The predicted octanol–water partition coefficient (Wildman–Crippen LogP) is 4.73. The molecule has 0 unspecified atom stereocenters. The summed E-state index contributed by atoms with van der Waals surface area (Å²) in [7, 11) is -0.950. The van der Waals surface area contributed by atoms with Gasteiger partial charge in [0.25, 0.3) is 0 Å². The summed E-state index contributed by atoms with van der Waals surface area (Å²) in [5, 5.41) is 3.06. The number of hydrogen-bond donors (Lipinski definition) is 0. The third-order valence-corrected chi connectivity index (χ3v) is 18.1. The predicted molar refractivity (Wildman–Crippen MR) is 71.7 cm³/mol. The van der Waals surface area contributed by atoms with Gasteiger partial charge >= 0.3 is 0 Å². The number of rotatable bonds is 0. The molecule has 0 bridgehead atoms. The highest BCUT2D eigenvalue weighted by Crippen LogP contribution is 2.99. The maximum atomic E-state index is 2.95. The van der Waals surface area contributed by atoms with Crippen LogP contribution in [0.2, 0.25) is 21.7 Å². The summed E-state index contributed by atoms with van der Waals surface area (Å²) >= 11 is 0. The molecule has 3 saturated carbocycles. The van der Waals surface area contributed by atoms with Gasteiger partial charge in [-0.05, 0) is 90.7 Å². The lowest BCUT2D eigenvalue weighted by Crippen LogP contribution is -2.57. The summed E-state index contributed by atoms with van der Waals surface area (Å²) < 4.78 is 0. The van der Waals surface area contributed by atoms with Crippen molar-refractivity contribution < 1.29 is 0 Å². The van der Waals surface area contributed by atoms with Gasteiger partial charge in [0, 0.05) is 0 Å². The molecule has 0 amide bonds. The molecule has 6 fully saturated rings. The Hall–Kier alpha value is 0.217. The van der Waals surface area contributed by atoms with E-state index >= 15 is 0 Å². The van der Waals surface area contributed by atoms with Crippen molar-refractivity contribution in [1.29, 1.82) is 0 Å². The molecule has 6 aliphatic rings. The SMILES string of the molecule is C[Si]12[C@]34CC[C@@H]5C[C@@]51CC[C@@H]1C[C@@]12CC[C@@H]3C4. The normalized spacial score (nSPS) is 77.1. The van der Waals surface area contributed by atoms with Crippen LogP contribution in [0.1, 0.15) is 57.8 Å². The fourth-order valence-electron chi connectivity index (χ4n) is 8.57. The first kappa shape index (κ1) is 9.17. The van der Waals surface area contributed by atoms with Crippen LogP contribution in [0.25, 0.3) is 0 Å². The minimum Gasteiger partial charge on any atom is -0.0679 e. The summed E-state index contributed by atoms with van der Waals surface area (Å²) in [6, 6.07) is 0. The topological polar surface area (TPSA) is 0 Å². The van der Waals surface area contributed by atoms with Crippen molar-refractivity contribution in [1.82, 2.24) is 0 Å². The molecule has 3 aliphatic heterocycles. The lowest BCUT2D eigenvalue weighted by molar-refractivity contribution is 0.366. The minimum absolute atomic E-state index is 0.950. The standard InChI is InChI=1S/C16H24Si/c1-17-14-5-2-11-8-15(11,17)6-3-13-10-16(13,17)7-4-12(14)9-14/h11-13H,2-10H2,1H3/t11-,12-,13-,14+,15+,16+,17?/m1/s1. The average molecular weight is 244 g/mol. The molecule has 6 atom stereocenters. The van der Waals surface area contributed by atoms with Crippen LogP contribution in [0.15, 0.2) is 0 Å². The lowest BCUT2D eigenvalue weighted by Gasteiger charge is -2.59. The van der Waals surface area contributed by atoms with Crippen molar-refractivity contribution >= 4 is 8.07 Å². The van der Waals surface area contributed by atoms with Crippen molar-refractivity contribution in [3.05, 3.63) is 0 Å². The Kier molecular flexibility index (Phi) is 1.14. The summed E-state index contributed by atoms with van der Waals surface area (Å²) in [6.07, 6.45) is 15.2. The maximum absolute atomic E-state index is 2.95. The summed E-state index contributed by atoms with van der Waals surface area (Å²) in [5.74, 6) is 3.72. The van der Waals surface area contributed by atoms with Crippen LogP contribution in [0, 0.1) is 17.8 Å². The quantitative estimate of drug-likeness (QED) is 0.541.